The van der Waals surface area contributed by atoms with Gasteiger partial charge in [-0.3, -0.25) is 0 Å². The van der Waals surface area contributed by atoms with Crippen LogP contribution < -0.4 is 10.5 Å². The van der Waals surface area contributed by atoms with Crippen LogP contribution in [0.25, 0.3) is 0 Å². The lowest BCUT2D eigenvalue weighted by Crippen LogP contribution is -2.17. The summed E-state index contributed by atoms with van der Waals surface area (Å²) in [5.74, 6) is 1.55. The highest BCUT2D eigenvalue weighted by Gasteiger charge is 2.17. The molecule has 1 aromatic rings. The molecule has 0 radical (unpaired) electrons. The molecule has 2 rings (SSSR count). The van der Waals surface area contributed by atoms with Gasteiger partial charge in [0.15, 0.2) is 0 Å². The highest BCUT2D eigenvalue weighted by atomic mass is 32.1. The molecule has 16 heavy (non-hydrogen) atoms. The maximum atomic E-state index is 5.67. The maximum absolute atomic E-state index is 5.67. The number of hydrogen-bond donors (Lipinski definition) is 1. The van der Waals surface area contributed by atoms with Crippen molar-refractivity contribution in [2.45, 2.75) is 25.7 Å². The van der Waals surface area contributed by atoms with Crippen LogP contribution in [0.3, 0.4) is 0 Å². The van der Waals surface area contributed by atoms with Crippen molar-refractivity contribution < 1.29 is 4.74 Å². The van der Waals surface area contributed by atoms with Crippen molar-refractivity contribution in [1.82, 2.24) is 4.98 Å². The number of nitrogens with two attached hydrogens (primary N) is 1. The van der Waals surface area contributed by atoms with E-state index in [1.165, 1.54) is 19.3 Å². The van der Waals surface area contributed by atoms with Crippen LogP contribution >= 0.6 is 12.2 Å². The molecule has 0 saturated heterocycles. The molecule has 1 aliphatic rings. The van der Waals surface area contributed by atoms with Crippen molar-refractivity contribution in [2.75, 3.05) is 6.61 Å². The highest BCUT2D eigenvalue weighted by Crippen LogP contribution is 2.29. The lowest BCUT2D eigenvalue weighted by atomic mass is 9.83. The molecule has 0 amide bonds. The Morgan fingerprint density at radius 1 is 1.56 bits per heavy atom. The smallest absolute Gasteiger partial charge is 0.147 e. The Bertz CT molecular complexity index is 377. The Labute approximate surface area is 101 Å². The van der Waals surface area contributed by atoms with E-state index in [4.69, 9.17) is 22.7 Å². The number of pyridine rings is 1. The standard InChI is InChI=1S/C12H16N2OS/c13-12(16)11-10(5-2-7-14-11)15-8-6-9-3-1-4-9/h2,5,7,9H,1,3-4,6,8H2,(H2,13,16). The fraction of sp³-hybridized carbons (Fsp3) is 0.500. The first-order chi connectivity index (χ1) is 7.77. The van der Waals surface area contributed by atoms with Crippen LogP contribution in [0.15, 0.2) is 18.3 Å². The predicted molar refractivity (Wildman–Crippen MR) is 67.6 cm³/mol. The molecule has 3 nitrogen and oxygen atoms in total. The molecule has 0 unspecified atom stereocenters. The summed E-state index contributed by atoms with van der Waals surface area (Å²) in [7, 11) is 0. The third-order valence-electron chi connectivity index (χ3n) is 3.01. The number of ether oxygens (including phenoxy) is 1. The van der Waals surface area contributed by atoms with Gasteiger partial charge in [-0.05, 0) is 24.5 Å². The average Bonchev–Trinajstić information content (AvgIpc) is 2.22. The lowest BCUT2D eigenvalue weighted by molar-refractivity contribution is 0.221. The molecule has 2 N–H and O–H groups in total. The van der Waals surface area contributed by atoms with Crippen LogP contribution in [0.5, 0.6) is 5.75 Å². The summed E-state index contributed by atoms with van der Waals surface area (Å²) in [4.78, 5) is 4.41. The molecule has 86 valence electrons. The Morgan fingerprint density at radius 2 is 2.38 bits per heavy atom. The van der Waals surface area contributed by atoms with Gasteiger partial charge in [0.2, 0.25) is 0 Å². The van der Waals surface area contributed by atoms with Gasteiger partial charge < -0.3 is 10.5 Å². The van der Waals surface area contributed by atoms with Gasteiger partial charge in [0.05, 0.1) is 6.61 Å². The number of aromatic nitrogens is 1. The number of nitrogens with zero attached hydrogens (tertiary/aromatic N) is 1. The van der Waals surface area contributed by atoms with E-state index in [-0.39, 0.29) is 0 Å². The van der Waals surface area contributed by atoms with E-state index in [1.807, 2.05) is 12.1 Å². The third kappa shape index (κ3) is 2.70. The Morgan fingerprint density at radius 3 is 3.00 bits per heavy atom. The molecule has 1 saturated carbocycles. The summed E-state index contributed by atoms with van der Waals surface area (Å²) in [5.41, 5.74) is 6.16. The van der Waals surface area contributed by atoms with Gasteiger partial charge in [-0.2, -0.15) is 0 Å². The molecule has 1 fully saturated rings. The van der Waals surface area contributed by atoms with E-state index < -0.39 is 0 Å². The molecule has 0 bridgehead atoms. The fourth-order valence-corrected chi connectivity index (χ4v) is 1.96. The lowest BCUT2D eigenvalue weighted by Gasteiger charge is -2.25. The van der Waals surface area contributed by atoms with Crippen molar-refractivity contribution in [1.29, 1.82) is 0 Å². The van der Waals surface area contributed by atoms with E-state index >= 15 is 0 Å². The fourth-order valence-electron chi connectivity index (χ4n) is 1.81. The number of rotatable bonds is 5. The highest BCUT2D eigenvalue weighted by molar-refractivity contribution is 7.80. The molecule has 0 atom stereocenters. The molecule has 0 spiro atoms. The Kier molecular flexibility index (Phi) is 3.72. The normalized spacial score (nSPS) is 15.5. The summed E-state index contributed by atoms with van der Waals surface area (Å²) in [5, 5.41) is 0. The summed E-state index contributed by atoms with van der Waals surface area (Å²) in [6.45, 7) is 0.728. The molecule has 0 aliphatic heterocycles. The molecular formula is C12H16N2OS. The van der Waals surface area contributed by atoms with Gasteiger partial charge in [-0.1, -0.05) is 31.5 Å². The summed E-state index contributed by atoms with van der Waals surface area (Å²) in [6.07, 6.45) is 6.85. The zero-order valence-corrected chi connectivity index (χ0v) is 10.0. The zero-order chi connectivity index (χ0) is 11.4. The third-order valence-corrected chi connectivity index (χ3v) is 3.21. The van der Waals surface area contributed by atoms with Crippen molar-refractivity contribution >= 4 is 17.2 Å². The zero-order valence-electron chi connectivity index (χ0n) is 9.19. The second-order valence-corrected chi connectivity index (χ2v) is 4.59. The summed E-state index contributed by atoms with van der Waals surface area (Å²) < 4.78 is 5.67. The van der Waals surface area contributed by atoms with Crippen molar-refractivity contribution in [3.63, 3.8) is 0 Å². The topological polar surface area (TPSA) is 48.1 Å². The minimum atomic E-state index is 0.291. The minimum absolute atomic E-state index is 0.291. The van der Waals surface area contributed by atoms with Gasteiger partial charge in [-0.25, -0.2) is 4.98 Å². The number of thiocarbonyl (C=S) groups is 1. The van der Waals surface area contributed by atoms with Gasteiger partial charge in [0.25, 0.3) is 0 Å². The molecule has 1 aromatic heterocycles. The first-order valence-corrected chi connectivity index (χ1v) is 6.06. The molecule has 1 heterocycles. The van der Waals surface area contributed by atoms with Gasteiger partial charge >= 0.3 is 0 Å². The molecule has 1 aliphatic carbocycles. The Hall–Kier alpha value is -1.16. The predicted octanol–water partition coefficient (Wildman–Crippen LogP) is 2.28. The molecule has 0 aromatic carbocycles. The SMILES string of the molecule is NC(=S)c1ncccc1OCCC1CCC1. The minimum Gasteiger partial charge on any atom is -0.491 e. The maximum Gasteiger partial charge on any atom is 0.147 e. The van der Waals surface area contributed by atoms with E-state index in [9.17, 15) is 0 Å². The number of hydrogen-bond acceptors (Lipinski definition) is 3. The van der Waals surface area contributed by atoms with E-state index in [2.05, 4.69) is 4.98 Å². The second-order valence-electron chi connectivity index (χ2n) is 4.15. The van der Waals surface area contributed by atoms with Crippen LogP contribution in [0.1, 0.15) is 31.4 Å². The average molecular weight is 236 g/mol. The molecular weight excluding hydrogens is 220 g/mol. The largest absolute Gasteiger partial charge is 0.491 e. The van der Waals surface area contributed by atoms with Crippen LogP contribution in [0.2, 0.25) is 0 Å². The van der Waals surface area contributed by atoms with Gasteiger partial charge in [-0.15, -0.1) is 0 Å². The monoisotopic (exact) mass is 236 g/mol. The summed E-state index contributed by atoms with van der Waals surface area (Å²) in [6, 6.07) is 3.70. The van der Waals surface area contributed by atoms with Crippen LogP contribution in [0.4, 0.5) is 0 Å². The van der Waals surface area contributed by atoms with Crippen LogP contribution in [-0.4, -0.2) is 16.6 Å². The van der Waals surface area contributed by atoms with Gasteiger partial charge in [0.1, 0.15) is 16.4 Å². The van der Waals surface area contributed by atoms with Crippen LogP contribution in [0, 0.1) is 5.92 Å². The Balaban J connectivity index is 1.89. The van der Waals surface area contributed by atoms with Crippen molar-refractivity contribution in [3.8, 4) is 5.75 Å². The van der Waals surface area contributed by atoms with E-state index in [1.54, 1.807) is 6.20 Å². The molecule has 4 heteroatoms. The van der Waals surface area contributed by atoms with Crippen LogP contribution in [-0.2, 0) is 0 Å². The first-order valence-electron chi connectivity index (χ1n) is 5.65. The van der Waals surface area contributed by atoms with E-state index in [0.29, 0.717) is 16.4 Å². The summed E-state index contributed by atoms with van der Waals surface area (Å²) >= 11 is 4.92. The second kappa shape index (κ2) is 5.25. The van der Waals surface area contributed by atoms with E-state index in [0.717, 1.165) is 18.9 Å². The van der Waals surface area contributed by atoms with Gasteiger partial charge in [0, 0.05) is 6.20 Å². The van der Waals surface area contributed by atoms with Crippen molar-refractivity contribution in [3.05, 3.63) is 24.0 Å². The van der Waals surface area contributed by atoms with Crippen molar-refractivity contribution in [2.24, 2.45) is 11.7 Å². The first kappa shape index (κ1) is 11.3. The quantitative estimate of drug-likeness (QED) is 0.797.